The summed E-state index contributed by atoms with van der Waals surface area (Å²) < 4.78 is 0. The van der Waals surface area contributed by atoms with Crippen LogP contribution in [0, 0.1) is 0 Å². The van der Waals surface area contributed by atoms with Crippen LogP contribution < -0.4 is 4.90 Å². The van der Waals surface area contributed by atoms with E-state index in [4.69, 9.17) is 0 Å². The molecule has 0 fully saturated rings. The zero-order valence-electron chi connectivity index (χ0n) is 13.2. The first-order chi connectivity index (χ1) is 10.2. The fraction of sp³-hybridized carbons (Fsp3) is 0.471. The van der Waals surface area contributed by atoms with Crippen molar-refractivity contribution in [3.8, 4) is 0 Å². The summed E-state index contributed by atoms with van der Waals surface area (Å²) in [4.78, 5) is 9.11. The molecule has 0 aliphatic carbocycles. The zero-order valence-corrected chi connectivity index (χ0v) is 13.2. The Balaban J connectivity index is 2.31. The van der Waals surface area contributed by atoms with Gasteiger partial charge in [-0.15, -0.1) is 0 Å². The second-order valence-electron chi connectivity index (χ2n) is 5.55. The Morgan fingerprint density at radius 2 is 1.81 bits per heavy atom. The number of benzene rings is 1. The predicted molar refractivity (Wildman–Crippen MR) is 88.7 cm³/mol. The average Bonchev–Trinajstić information content (AvgIpc) is 2.50. The SMILES string of the molecule is CCN(CCCN(C)C)c1ncc(CO)c2ccccc12. The fourth-order valence-corrected chi connectivity index (χ4v) is 2.61. The number of fused-ring (bicyclic) bond motifs is 1. The van der Waals surface area contributed by atoms with Gasteiger partial charge in [-0.2, -0.15) is 0 Å². The molecule has 0 aliphatic rings. The third-order valence-electron chi connectivity index (χ3n) is 3.74. The van der Waals surface area contributed by atoms with E-state index in [-0.39, 0.29) is 6.61 Å². The highest BCUT2D eigenvalue weighted by atomic mass is 16.3. The minimum Gasteiger partial charge on any atom is -0.392 e. The average molecular weight is 287 g/mol. The van der Waals surface area contributed by atoms with Gasteiger partial charge in [0.25, 0.3) is 0 Å². The number of hydrogen-bond donors (Lipinski definition) is 1. The molecule has 0 spiro atoms. The molecule has 0 radical (unpaired) electrons. The molecule has 2 rings (SSSR count). The van der Waals surface area contributed by atoms with Crippen molar-refractivity contribution >= 4 is 16.6 Å². The number of aliphatic hydroxyl groups excluding tert-OH is 1. The van der Waals surface area contributed by atoms with Crippen LogP contribution >= 0.6 is 0 Å². The Labute approximate surface area is 127 Å². The molecular weight excluding hydrogens is 262 g/mol. The molecule has 0 unspecified atom stereocenters. The number of nitrogens with zero attached hydrogens (tertiary/aromatic N) is 3. The molecule has 1 heterocycles. The van der Waals surface area contributed by atoms with Crippen LogP contribution in [0.4, 0.5) is 5.82 Å². The number of rotatable bonds is 7. The maximum atomic E-state index is 9.47. The second-order valence-corrected chi connectivity index (χ2v) is 5.55. The Kier molecular flexibility index (Phi) is 5.53. The second kappa shape index (κ2) is 7.38. The summed E-state index contributed by atoms with van der Waals surface area (Å²) in [5.41, 5.74) is 0.888. The lowest BCUT2D eigenvalue weighted by atomic mass is 10.1. The summed E-state index contributed by atoms with van der Waals surface area (Å²) in [6, 6.07) is 8.18. The maximum Gasteiger partial charge on any atom is 0.136 e. The molecular formula is C17H25N3O. The van der Waals surface area contributed by atoms with E-state index in [1.807, 2.05) is 12.1 Å². The topological polar surface area (TPSA) is 39.6 Å². The smallest absolute Gasteiger partial charge is 0.136 e. The van der Waals surface area contributed by atoms with Gasteiger partial charge in [-0.25, -0.2) is 4.98 Å². The van der Waals surface area contributed by atoms with Gasteiger partial charge in [-0.05, 0) is 39.4 Å². The Morgan fingerprint density at radius 1 is 1.10 bits per heavy atom. The van der Waals surface area contributed by atoms with Gasteiger partial charge in [-0.1, -0.05) is 24.3 Å². The van der Waals surface area contributed by atoms with Crippen LogP contribution in [0.25, 0.3) is 10.8 Å². The lowest BCUT2D eigenvalue weighted by Gasteiger charge is -2.24. The summed E-state index contributed by atoms with van der Waals surface area (Å²) in [7, 11) is 4.19. The zero-order chi connectivity index (χ0) is 15.2. The van der Waals surface area contributed by atoms with Gasteiger partial charge in [0, 0.05) is 30.2 Å². The molecule has 0 amide bonds. The molecule has 1 aromatic carbocycles. The Hall–Kier alpha value is -1.65. The number of hydrogen-bond acceptors (Lipinski definition) is 4. The Bertz CT molecular complexity index is 583. The summed E-state index contributed by atoms with van der Waals surface area (Å²) >= 11 is 0. The Morgan fingerprint density at radius 3 is 2.43 bits per heavy atom. The van der Waals surface area contributed by atoms with Gasteiger partial charge in [0.15, 0.2) is 0 Å². The van der Waals surface area contributed by atoms with E-state index in [0.717, 1.165) is 48.2 Å². The molecule has 4 heteroatoms. The van der Waals surface area contributed by atoms with E-state index in [1.54, 1.807) is 6.20 Å². The van der Waals surface area contributed by atoms with Crippen LogP contribution in [0.2, 0.25) is 0 Å². The van der Waals surface area contributed by atoms with Crippen molar-refractivity contribution < 1.29 is 5.11 Å². The normalized spacial score (nSPS) is 11.3. The first-order valence-corrected chi connectivity index (χ1v) is 7.54. The van der Waals surface area contributed by atoms with Crippen LogP contribution in [0.5, 0.6) is 0 Å². The lowest BCUT2D eigenvalue weighted by molar-refractivity contribution is 0.283. The van der Waals surface area contributed by atoms with E-state index in [2.05, 4.69) is 47.9 Å². The van der Waals surface area contributed by atoms with Crippen LogP contribution in [-0.2, 0) is 6.61 Å². The number of aromatic nitrogens is 1. The van der Waals surface area contributed by atoms with Crippen molar-refractivity contribution in [1.82, 2.24) is 9.88 Å². The van der Waals surface area contributed by atoms with Gasteiger partial charge >= 0.3 is 0 Å². The summed E-state index contributed by atoms with van der Waals surface area (Å²) in [6.45, 7) is 5.18. The minimum absolute atomic E-state index is 0.0283. The fourth-order valence-electron chi connectivity index (χ4n) is 2.61. The number of aliphatic hydroxyl groups is 1. The van der Waals surface area contributed by atoms with Gasteiger partial charge in [0.05, 0.1) is 6.61 Å². The van der Waals surface area contributed by atoms with Crippen LogP contribution in [-0.4, -0.2) is 48.7 Å². The maximum absolute atomic E-state index is 9.47. The first kappa shape index (κ1) is 15.7. The molecule has 1 aromatic heterocycles. The monoisotopic (exact) mass is 287 g/mol. The highest BCUT2D eigenvalue weighted by molar-refractivity contribution is 5.94. The van der Waals surface area contributed by atoms with Crippen molar-refractivity contribution in [2.24, 2.45) is 0 Å². The third kappa shape index (κ3) is 3.71. The van der Waals surface area contributed by atoms with Gasteiger partial charge in [0.2, 0.25) is 0 Å². The molecule has 4 nitrogen and oxygen atoms in total. The summed E-state index contributed by atoms with van der Waals surface area (Å²) in [6.07, 6.45) is 2.91. The molecule has 21 heavy (non-hydrogen) atoms. The van der Waals surface area contributed by atoms with Gasteiger partial charge in [-0.3, -0.25) is 0 Å². The quantitative estimate of drug-likeness (QED) is 0.849. The molecule has 2 aromatic rings. The van der Waals surface area contributed by atoms with Crippen molar-refractivity contribution in [1.29, 1.82) is 0 Å². The first-order valence-electron chi connectivity index (χ1n) is 7.54. The van der Waals surface area contributed by atoms with E-state index in [0.29, 0.717) is 0 Å². The largest absolute Gasteiger partial charge is 0.392 e. The van der Waals surface area contributed by atoms with Crippen molar-refractivity contribution in [2.75, 3.05) is 38.6 Å². The van der Waals surface area contributed by atoms with Crippen molar-refractivity contribution in [3.63, 3.8) is 0 Å². The van der Waals surface area contributed by atoms with Gasteiger partial charge < -0.3 is 14.9 Å². The van der Waals surface area contributed by atoms with Crippen molar-refractivity contribution in [2.45, 2.75) is 20.0 Å². The molecule has 114 valence electrons. The van der Waals surface area contributed by atoms with Crippen molar-refractivity contribution in [3.05, 3.63) is 36.0 Å². The molecule has 0 saturated carbocycles. The summed E-state index contributed by atoms with van der Waals surface area (Å²) in [5, 5.41) is 11.7. The molecule has 1 N–H and O–H groups in total. The highest BCUT2D eigenvalue weighted by Crippen LogP contribution is 2.27. The molecule has 0 aliphatic heterocycles. The lowest BCUT2D eigenvalue weighted by Crippen LogP contribution is -2.28. The van der Waals surface area contributed by atoms with E-state index >= 15 is 0 Å². The third-order valence-corrected chi connectivity index (χ3v) is 3.74. The molecule has 0 saturated heterocycles. The van der Waals surface area contributed by atoms with Gasteiger partial charge in [0.1, 0.15) is 5.82 Å². The summed E-state index contributed by atoms with van der Waals surface area (Å²) in [5.74, 6) is 1.02. The highest BCUT2D eigenvalue weighted by Gasteiger charge is 2.12. The standard InChI is InChI=1S/C17H25N3O/c1-4-20(11-7-10-19(2)3)17-16-9-6-5-8-15(16)14(13-21)12-18-17/h5-6,8-9,12,21H,4,7,10-11,13H2,1-3H3. The molecule has 0 atom stereocenters. The molecule has 0 bridgehead atoms. The predicted octanol–water partition coefficient (Wildman–Crippen LogP) is 2.51. The van der Waals surface area contributed by atoms with Crippen LogP contribution in [0.1, 0.15) is 18.9 Å². The van der Waals surface area contributed by atoms with Crippen LogP contribution in [0.3, 0.4) is 0 Å². The van der Waals surface area contributed by atoms with E-state index < -0.39 is 0 Å². The minimum atomic E-state index is 0.0283. The number of anilines is 1. The van der Waals surface area contributed by atoms with Crippen LogP contribution in [0.15, 0.2) is 30.5 Å². The van der Waals surface area contributed by atoms with E-state index in [9.17, 15) is 5.11 Å². The number of pyridine rings is 1. The van der Waals surface area contributed by atoms with E-state index in [1.165, 1.54) is 0 Å².